The summed E-state index contributed by atoms with van der Waals surface area (Å²) in [6.45, 7) is 5.95. The zero-order chi connectivity index (χ0) is 11.3. The largest absolute Gasteiger partial charge is 0.392 e. The Morgan fingerprint density at radius 2 is 2.20 bits per heavy atom. The normalized spacial score (nSPS) is 12.4. The second-order valence-corrected chi connectivity index (χ2v) is 3.52. The smallest absolute Gasteiger partial charge is 0.0688 e. The second kappa shape index (κ2) is 5.47. The first-order valence-electron chi connectivity index (χ1n) is 5.05. The molecule has 2 heteroatoms. The third-order valence-corrected chi connectivity index (χ3v) is 2.24. The van der Waals surface area contributed by atoms with Gasteiger partial charge in [-0.1, -0.05) is 29.8 Å². The molecule has 1 aromatic carbocycles. The molecule has 0 bridgehead atoms. The van der Waals surface area contributed by atoms with Crippen molar-refractivity contribution in [3.05, 3.63) is 47.2 Å². The molecule has 1 N–H and O–H groups in total. The molecule has 0 aromatic heterocycles. The maximum Gasteiger partial charge on any atom is 0.0688 e. The number of nitrogens with zero attached hydrogens (tertiary/aromatic N) is 1. The second-order valence-electron chi connectivity index (χ2n) is 3.52. The summed E-state index contributed by atoms with van der Waals surface area (Å²) in [5, 5.41) is 9.24. The molecule has 0 aliphatic rings. The van der Waals surface area contributed by atoms with Gasteiger partial charge in [0.2, 0.25) is 0 Å². The summed E-state index contributed by atoms with van der Waals surface area (Å²) >= 11 is 0. The molecule has 1 aromatic rings. The van der Waals surface area contributed by atoms with E-state index in [1.54, 1.807) is 6.20 Å². The first-order chi connectivity index (χ1) is 7.19. The minimum absolute atomic E-state index is 0.0553. The van der Waals surface area contributed by atoms with Crippen molar-refractivity contribution in [3.8, 4) is 0 Å². The number of benzene rings is 1. The van der Waals surface area contributed by atoms with Crippen LogP contribution >= 0.6 is 0 Å². The van der Waals surface area contributed by atoms with Gasteiger partial charge in [0.1, 0.15) is 0 Å². The molecule has 0 radical (unpaired) electrons. The highest BCUT2D eigenvalue weighted by Gasteiger charge is 2.03. The van der Waals surface area contributed by atoms with E-state index in [0.29, 0.717) is 0 Å². The Hall–Kier alpha value is -1.41. The molecule has 0 heterocycles. The summed E-state index contributed by atoms with van der Waals surface area (Å²) < 4.78 is 0. The van der Waals surface area contributed by atoms with Crippen molar-refractivity contribution in [3.63, 3.8) is 0 Å². The maximum atomic E-state index is 9.24. The van der Waals surface area contributed by atoms with E-state index in [9.17, 15) is 5.11 Å². The van der Waals surface area contributed by atoms with Crippen molar-refractivity contribution in [2.24, 2.45) is 4.99 Å². The molecular weight excluding hydrogens is 186 g/mol. The van der Waals surface area contributed by atoms with Crippen LogP contribution in [0.5, 0.6) is 0 Å². The Labute approximate surface area is 91.0 Å². The molecule has 0 saturated carbocycles. The van der Waals surface area contributed by atoms with E-state index in [1.165, 1.54) is 0 Å². The molecule has 0 unspecified atom stereocenters. The van der Waals surface area contributed by atoms with Crippen LogP contribution in [0, 0.1) is 6.92 Å². The molecule has 2 nitrogen and oxygen atoms in total. The van der Waals surface area contributed by atoms with Crippen molar-refractivity contribution in [2.75, 3.05) is 0 Å². The van der Waals surface area contributed by atoms with Crippen molar-refractivity contribution in [1.82, 2.24) is 0 Å². The summed E-state index contributed by atoms with van der Waals surface area (Å²) in [7, 11) is 0. The van der Waals surface area contributed by atoms with Gasteiger partial charge in [0.25, 0.3) is 0 Å². The van der Waals surface area contributed by atoms with Crippen molar-refractivity contribution >= 4 is 5.71 Å². The molecule has 80 valence electrons. The van der Waals surface area contributed by atoms with Gasteiger partial charge < -0.3 is 5.11 Å². The van der Waals surface area contributed by atoms with Gasteiger partial charge in [-0.2, -0.15) is 0 Å². The van der Waals surface area contributed by atoms with E-state index in [0.717, 1.165) is 22.4 Å². The van der Waals surface area contributed by atoms with Crippen LogP contribution in [-0.4, -0.2) is 10.8 Å². The highest BCUT2D eigenvalue weighted by molar-refractivity contribution is 6.00. The van der Waals surface area contributed by atoms with Crippen LogP contribution < -0.4 is 0 Å². The average molecular weight is 203 g/mol. The third-order valence-electron chi connectivity index (χ3n) is 2.24. The molecule has 0 aliphatic heterocycles. The predicted molar refractivity (Wildman–Crippen MR) is 64.1 cm³/mol. The zero-order valence-electron chi connectivity index (χ0n) is 9.49. The highest BCUT2D eigenvalue weighted by atomic mass is 16.3. The first-order valence-corrected chi connectivity index (χ1v) is 5.05. The van der Waals surface area contributed by atoms with Crippen LogP contribution in [0.3, 0.4) is 0 Å². The SMILES string of the molecule is C/C=C\N=C(C)c1ccc(C)cc1CO. The van der Waals surface area contributed by atoms with Crippen LogP contribution in [-0.2, 0) is 6.61 Å². The Morgan fingerprint density at radius 3 is 2.80 bits per heavy atom. The number of hydrogen-bond acceptors (Lipinski definition) is 2. The first kappa shape index (κ1) is 11.7. The Morgan fingerprint density at radius 1 is 1.47 bits per heavy atom. The van der Waals surface area contributed by atoms with Crippen molar-refractivity contribution in [2.45, 2.75) is 27.4 Å². The summed E-state index contributed by atoms with van der Waals surface area (Å²) in [6, 6.07) is 6.02. The highest BCUT2D eigenvalue weighted by Crippen LogP contribution is 2.13. The Bertz CT molecular complexity index is 392. The summed E-state index contributed by atoms with van der Waals surface area (Å²) in [4.78, 5) is 4.28. The quantitative estimate of drug-likeness (QED) is 0.753. The standard InChI is InChI=1S/C13H17NO/c1-4-7-14-11(3)13-6-5-10(2)8-12(13)9-15/h4-8,15H,9H2,1-3H3/b7-4-,14-11?. The van der Waals surface area contributed by atoms with E-state index in [1.807, 2.05) is 45.0 Å². The van der Waals surface area contributed by atoms with Crippen molar-refractivity contribution < 1.29 is 5.11 Å². The van der Waals surface area contributed by atoms with Gasteiger partial charge in [-0.05, 0) is 26.3 Å². The lowest BCUT2D eigenvalue weighted by Crippen LogP contribution is -2.01. The van der Waals surface area contributed by atoms with Crippen LogP contribution in [0.4, 0.5) is 0 Å². The fraction of sp³-hybridized carbons (Fsp3) is 0.308. The minimum Gasteiger partial charge on any atom is -0.392 e. The van der Waals surface area contributed by atoms with E-state index in [4.69, 9.17) is 0 Å². The fourth-order valence-electron chi connectivity index (χ4n) is 1.46. The minimum atomic E-state index is 0.0553. The lowest BCUT2D eigenvalue weighted by Gasteiger charge is -2.07. The van der Waals surface area contributed by atoms with Gasteiger partial charge >= 0.3 is 0 Å². The number of aliphatic imine (C=N–C) groups is 1. The molecule has 0 fully saturated rings. The van der Waals surface area contributed by atoms with Gasteiger partial charge in [-0.15, -0.1) is 0 Å². The van der Waals surface area contributed by atoms with E-state index < -0.39 is 0 Å². The third kappa shape index (κ3) is 3.03. The van der Waals surface area contributed by atoms with E-state index in [-0.39, 0.29) is 6.61 Å². The van der Waals surface area contributed by atoms with Crippen molar-refractivity contribution in [1.29, 1.82) is 0 Å². The van der Waals surface area contributed by atoms with Gasteiger partial charge in [0.15, 0.2) is 0 Å². The number of aryl methyl sites for hydroxylation is 1. The molecule has 15 heavy (non-hydrogen) atoms. The lowest BCUT2D eigenvalue weighted by molar-refractivity contribution is 0.281. The molecular formula is C13H17NO. The predicted octanol–water partition coefficient (Wildman–Crippen LogP) is 2.83. The van der Waals surface area contributed by atoms with Gasteiger partial charge in [0, 0.05) is 17.5 Å². The average Bonchev–Trinajstić information content (AvgIpc) is 2.25. The molecule has 0 amide bonds. The molecule has 1 rings (SSSR count). The van der Waals surface area contributed by atoms with E-state index in [2.05, 4.69) is 4.99 Å². The van der Waals surface area contributed by atoms with Crippen LogP contribution in [0.25, 0.3) is 0 Å². The Kier molecular flexibility index (Phi) is 4.25. The summed E-state index contributed by atoms with van der Waals surface area (Å²) in [5.74, 6) is 0. The Balaban J connectivity index is 3.13. The maximum absolute atomic E-state index is 9.24. The van der Waals surface area contributed by atoms with Gasteiger partial charge in [-0.3, -0.25) is 4.99 Å². The zero-order valence-corrected chi connectivity index (χ0v) is 9.49. The van der Waals surface area contributed by atoms with E-state index >= 15 is 0 Å². The van der Waals surface area contributed by atoms with Gasteiger partial charge in [-0.25, -0.2) is 0 Å². The topological polar surface area (TPSA) is 32.6 Å². The number of hydrogen-bond donors (Lipinski definition) is 1. The van der Waals surface area contributed by atoms with Crippen LogP contribution in [0.1, 0.15) is 30.5 Å². The number of aliphatic hydroxyl groups excluding tert-OH is 1. The summed E-state index contributed by atoms with van der Waals surface area (Å²) in [5.41, 5.74) is 4.03. The number of allylic oxidation sites excluding steroid dienone is 1. The molecule has 0 atom stereocenters. The number of rotatable bonds is 3. The molecule has 0 aliphatic carbocycles. The lowest BCUT2D eigenvalue weighted by atomic mass is 10.0. The number of aliphatic hydroxyl groups is 1. The molecule has 0 spiro atoms. The van der Waals surface area contributed by atoms with Crippen LogP contribution in [0.2, 0.25) is 0 Å². The molecule has 0 saturated heterocycles. The van der Waals surface area contributed by atoms with Gasteiger partial charge in [0.05, 0.1) is 6.61 Å². The van der Waals surface area contributed by atoms with Crippen LogP contribution in [0.15, 0.2) is 35.5 Å². The monoisotopic (exact) mass is 203 g/mol. The summed E-state index contributed by atoms with van der Waals surface area (Å²) in [6.07, 6.45) is 3.65. The fourth-order valence-corrected chi connectivity index (χ4v) is 1.46.